The first-order valence-corrected chi connectivity index (χ1v) is 13.2. The topological polar surface area (TPSA) is 85.2 Å². The summed E-state index contributed by atoms with van der Waals surface area (Å²) >= 11 is 0. The largest absolute Gasteiger partial charge is 0.375 e. The van der Waals surface area contributed by atoms with Crippen LogP contribution in [0.25, 0.3) is 16.9 Å². The Labute approximate surface area is 221 Å². The number of ether oxygens (including phenoxy) is 1. The van der Waals surface area contributed by atoms with Crippen LogP contribution in [0.4, 0.5) is 4.39 Å². The standard InChI is InChI=1S/C30H32FN5O2/c1-5-9-27-25(16-22-12-13-24(26(17-32)28(22)31)21-10-7-6-8-11-21)29(37)35(30-33-20(4)34-36(27)30)23-14-18(2)38-19(3)15-23/h6-8,10-13,18-19,23H,5,9,14-16H2,1-4H3. The van der Waals surface area contributed by atoms with Gasteiger partial charge in [-0.15, -0.1) is 0 Å². The number of halogens is 1. The predicted octanol–water partition coefficient (Wildman–Crippen LogP) is 5.55. The van der Waals surface area contributed by atoms with Crippen LogP contribution in [0, 0.1) is 24.1 Å². The van der Waals surface area contributed by atoms with Gasteiger partial charge in [0, 0.05) is 23.6 Å². The lowest BCUT2D eigenvalue weighted by Crippen LogP contribution is -2.38. The average Bonchev–Trinajstić information content (AvgIpc) is 3.27. The fourth-order valence-electron chi connectivity index (χ4n) is 5.72. The van der Waals surface area contributed by atoms with Gasteiger partial charge in [0.05, 0.1) is 23.5 Å². The van der Waals surface area contributed by atoms with Crippen molar-refractivity contribution in [2.75, 3.05) is 0 Å². The second kappa shape index (κ2) is 10.5. The Kier molecular flexibility index (Phi) is 7.13. The van der Waals surface area contributed by atoms with E-state index in [1.54, 1.807) is 21.2 Å². The molecule has 1 aliphatic rings. The Morgan fingerprint density at radius 1 is 1.13 bits per heavy atom. The van der Waals surface area contributed by atoms with Gasteiger partial charge < -0.3 is 4.74 Å². The molecule has 196 valence electrons. The molecule has 5 rings (SSSR count). The maximum atomic E-state index is 15.8. The highest BCUT2D eigenvalue weighted by atomic mass is 19.1. The molecule has 2 atom stereocenters. The number of hydrogen-bond acceptors (Lipinski definition) is 5. The fraction of sp³-hybridized carbons (Fsp3) is 0.400. The van der Waals surface area contributed by atoms with Gasteiger partial charge in [-0.2, -0.15) is 15.3 Å². The van der Waals surface area contributed by atoms with Crippen LogP contribution in [0.3, 0.4) is 0 Å². The average molecular weight is 514 g/mol. The molecule has 0 aliphatic carbocycles. The highest BCUT2D eigenvalue weighted by Gasteiger charge is 2.31. The number of nitrogens with zero attached hydrogens (tertiary/aromatic N) is 5. The molecule has 8 heteroatoms. The van der Waals surface area contributed by atoms with Crippen molar-refractivity contribution in [2.24, 2.45) is 0 Å². The van der Waals surface area contributed by atoms with Gasteiger partial charge in [-0.3, -0.25) is 9.36 Å². The van der Waals surface area contributed by atoms with E-state index in [2.05, 4.69) is 10.1 Å². The van der Waals surface area contributed by atoms with E-state index < -0.39 is 5.82 Å². The minimum atomic E-state index is -0.592. The lowest BCUT2D eigenvalue weighted by molar-refractivity contribution is -0.0488. The molecular weight excluding hydrogens is 481 g/mol. The summed E-state index contributed by atoms with van der Waals surface area (Å²) in [6.45, 7) is 7.88. The molecule has 38 heavy (non-hydrogen) atoms. The SMILES string of the molecule is CCCc1c(Cc2ccc(-c3ccccc3)c(C#N)c2F)c(=O)n(C2CC(C)OC(C)C2)c2nc(C)nn12. The van der Waals surface area contributed by atoms with Crippen LogP contribution in [0.2, 0.25) is 0 Å². The van der Waals surface area contributed by atoms with Crippen LogP contribution >= 0.6 is 0 Å². The van der Waals surface area contributed by atoms with Crippen LogP contribution in [0.5, 0.6) is 0 Å². The van der Waals surface area contributed by atoms with Crippen molar-refractivity contribution in [2.45, 2.75) is 78.0 Å². The molecule has 1 fully saturated rings. The molecule has 0 bridgehead atoms. The van der Waals surface area contributed by atoms with Crippen molar-refractivity contribution in [3.05, 3.63) is 86.8 Å². The molecule has 2 unspecified atom stereocenters. The Morgan fingerprint density at radius 3 is 2.50 bits per heavy atom. The van der Waals surface area contributed by atoms with E-state index in [0.717, 1.165) is 17.7 Å². The van der Waals surface area contributed by atoms with Crippen molar-refractivity contribution in [1.29, 1.82) is 5.26 Å². The third kappa shape index (κ3) is 4.63. The summed E-state index contributed by atoms with van der Waals surface area (Å²) in [7, 11) is 0. The van der Waals surface area contributed by atoms with Gasteiger partial charge in [-0.1, -0.05) is 55.8 Å². The smallest absolute Gasteiger partial charge is 0.259 e. The molecule has 0 spiro atoms. The fourth-order valence-corrected chi connectivity index (χ4v) is 5.72. The van der Waals surface area contributed by atoms with E-state index in [1.165, 1.54) is 0 Å². The first-order chi connectivity index (χ1) is 18.3. The molecule has 0 amide bonds. The number of fused-ring (bicyclic) bond motifs is 1. The number of aryl methyl sites for hydroxylation is 2. The monoisotopic (exact) mass is 513 g/mol. The molecule has 4 aromatic rings. The molecular formula is C30H32FN5O2. The maximum Gasteiger partial charge on any atom is 0.259 e. The van der Waals surface area contributed by atoms with Crippen LogP contribution in [-0.2, 0) is 17.6 Å². The van der Waals surface area contributed by atoms with Gasteiger partial charge in [0.15, 0.2) is 0 Å². The lowest BCUT2D eigenvalue weighted by atomic mass is 9.94. The molecule has 0 radical (unpaired) electrons. The highest BCUT2D eigenvalue weighted by molar-refractivity contribution is 5.71. The van der Waals surface area contributed by atoms with Crippen molar-refractivity contribution in [1.82, 2.24) is 19.2 Å². The number of hydrogen-bond donors (Lipinski definition) is 0. The van der Waals surface area contributed by atoms with Crippen LogP contribution in [-0.4, -0.2) is 31.4 Å². The van der Waals surface area contributed by atoms with Crippen LogP contribution in [0.15, 0.2) is 47.3 Å². The molecule has 7 nitrogen and oxygen atoms in total. The van der Waals surface area contributed by atoms with Crippen molar-refractivity contribution in [3.8, 4) is 17.2 Å². The lowest BCUT2D eigenvalue weighted by Gasteiger charge is -2.33. The van der Waals surface area contributed by atoms with Crippen molar-refractivity contribution < 1.29 is 9.13 Å². The third-order valence-corrected chi connectivity index (χ3v) is 7.30. The van der Waals surface area contributed by atoms with Gasteiger partial charge in [0.25, 0.3) is 5.56 Å². The van der Waals surface area contributed by atoms with Crippen molar-refractivity contribution >= 4 is 5.78 Å². The van der Waals surface area contributed by atoms with E-state index in [4.69, 9.17) is 4.74 Å². The summed E-state index contributed by atoms with van der Waals surface area (Å²) in [6.07, 6.45) is 2.80. The second-order valence-electron chi connectivity index (χ2n) is 10.2. The Balaban J connectivity index is 1.69. The first kappa shape index (κ1) is 25.8. The molecule has 2 aromatic heterocycles. The van der Waals surface area contributed by atoms with E-state index >= 15 is 4.39 Å². The third-order valence-electron chi connectivity index (χ3n) is 7.30. The molecule has 0 saturated carbocycles. The Morgan fingerprint density at radius 2 is 1.84 bits per heavy atom. The highest BCUT2D eigenvalue weighted by Crippen LogP contribution is 2.31. The van der Waals surface area contributed by atoms with E-state index in [1.807, 2.05) is 64.1 Å². The predicted molar refractivity (Wildman–Crippen MR) is 144 cm³/mol. The van der Waals surface area contributed by atoms with Gasteiger partial charge in [0.2, 0.25) is 5.78 Å². The quantitative estimate of drug-likeness (QED) is 0.338. The zero-order valence-electron chi connectivity index (χ0n) is 22.2. The minimum Gasteiger partial charge on any atom is -0.375 e. The first-order valence-electron chi connectivity index (χ1n) is 13.2. The number of nitriles is 1. The molecule has 3 heterocycles. The van der Waals surface area contributed by atoms with Gasteiger partial charge >= 0.3 is 0 Å². The zero-order chi connectivity index (χ0) is 27.0. The summed E-state index contributed by atoms with van der Waals surface area (Å²) < 4.78 is 25.3. The number of aromatic nitrogens is 4. The summed E-state index contributed by atoms with van der Waals surface area (Å²) in [5.74, 6) is 0.500. The van der Waals surface area contributed by atoms with Gasteiger partial charge in [-0.25, -0.2) is 8.91 Å². The number of rotatable bonds is 6. The van der Waals surface area contributed by atoms with Crippen LogP contribution in [0.1, 0.15) is 74.3 Å². The summed E-state index contributed by atoms with van der Waals surface area (Å²) in [6, 6.07) is 14.7. The normalized spacial score (nSPS) is 19.5. The van der Waals surface area contributed by atoms with Crippen LogP contribution < -0.4 is 5.56 Å². The molecule has 1 saturated heterocycles. The van der Waals surface area contributed by atoms with E-state index in [0.29, 0.717) is 47.6 Å². The van der Waals surface area contributed by atoms with E-state index in [9.17, 15) is 10.1 Å². The second-order valence-corrected chi connectivity index (χ2v) is 10.2. The summed E-state index contributed by atoms with van der Waals surface area (Å²) in [5, 5.41) is 14.5. The zero-order valence-corrected chi connectivity index (χ0v) is 22.2. The Bertz CT molecular complexity index is 1570. The van der Waals surface area contributed by atoms with Crippen molar-refractivity contribution in [3.63, 3.8) is 0 Å². The number of benzene rings is 2. The van der Waals surface area contributed by atoms with E-state index in [-0.39, 0.29) is 35.8 Å². The maximum absolute atomic E-state index is 15.8. The summed E-state index contributed by atoms with van der Waals surface area (Å²) in [5.41, 5.74) is 2.65. The molecule has 2 aromatic carbocycles. The Hall–Kier alpha value is -3.83. The summed E-state index contributed by atoms with van der Waals surface area (Å²) in [4.78, 5) is 18.8. The van der Waals surface area contributed by atoms with Gasteiger partial charge in [-0.05, 0) is 51.2 Å². The van der Waals surface area contributed by atoms with Gasteiger partial charge in [0.1, 0.15) is 17.7 Å². The minimum absolute atomic E-state index is 0.000325. The molecule has 1 aliphatic heterocycles. The molecule has 0 N–H and O–H groups in total.